The lowest BCUT2D eigenvalue weighted by molar-refractivity contribution is 0.652. The van der Waals surface area contributed by atoms with Gasteiger partial charge >= 0.3 is 0 Å². The average molecular weight is 706 g/mol. The Morgan fingerprint density at radius 1 is 0.537 bits per heavy atom. The molecule has 1 nitrogen and oxygen atoms in total. The summed E-state index contributed by atoms with van der Waals surface area (Å²) in [7, 11) is 0. The second-order valence-electron chi connectivity index (χ2n) is 14.6. The Kier molecular flexibility index (Phi) is 10.6. The molecule has 7 aromatic carbocycles. The van der Waals surface area contributed by atoms with Gasteiger partial charge in [0.25, 0.3) is 0 Å². The maximum absolute atomic E-state index is 4.14. The first kappa shape index (κ1) is 38.1. The monoisotopic (exact) mass is 705 g/mol. The van der Waals surface area contributed by atoms with E-state index in [9.17, 15) is 0 Å². The molecule has 0 spiro atoms. The Bertz CT molecular complexity index is 2520. The topological polar surface area (TPSA) is 12.0 Å². The molecule has 54 heavy (non-hydrogen) atoms. The van der Waals surface area contributed by atoms with Crippen LogP contribution >= 0.6 is 0 Å². The summed E-state index contributed by atoms with van der Waals surface area (Å²) in [5.74, 6) is 0. The van der Waals surface area contributed by atoms with E-state index in [2.05, 4.69) is 181 Å². The van der Waals surface area contributed by atoms with E-state index in [1.807, 2.05) is 33.8 Å². The highest BCUT2D eigenvalue weighted by Gasteiger charge is 2.42. The van der Waals surface area contributed by atoms with Crippen molar-refractivity contribution in [1.82, 2.24) is 0 Å². The predicted molar refractivity (Wildman–Crippen MR) is 242 cm³/mol. The summed E-state index contributed by atoms with van der Waals surface area (Å²) < 4.78 is 0. The molecular formula is C53H55N. The van der Waals surface area contributed by atoms with Crippen LogP contribution in [0.25, 0.3) is 60.1 Å². The van der Waals surface area contributed by atoms with E-state index in [1.165, 1.54) is 82.4 Å². The van der Waals surface area contributed by atoms with E-state index in [1.54, 1.807) is 0 Å². The number of anilines is 2. The summed E-state index contributed by atoms with van der Waals surface area (Å²) in [5, 5.41) is 11.5. The Labute approximate surface area is 323 Å². The Morgan fingerprint density at radius 2 is 1.04 bits per heavy atom. The Hall–Kier alpha value is -5.66. The van der Waals surface area contributed by atoms with E-state index < -0.39 is 0 Å². The first-order valence-corrected chi connectivity index (χ1v) is 19.6. The fourth-order valence-corrected chi connectivity index (χ4v) is 8.89. The molecule has 1 heteroatoms. The van der Waals surface area contributed by atoms with Crippen molar-refractivity contribution in [2.45, 2.75) is 73.1 Å². The molecule has 2 aliphatic carbocycles. The van der Waals surface area contributed by atoms with Crippen LogP contribution in [0.1, 0.15) is 90.1 Å². The number of hydrogen-bond acceptors (Lipinski definition) is 1. The molecule has 0 unspecified atom stereocenters. The van der Waals surface area contributed by atoms with Crippen LogP contribution < -0.4 is 5.32 Å². The van der Waals surface area contributed by atoms with Crippen molar-refractivity contribution in [3.8, 4) is 22.3 Å². The van der Waals surface area contributed by atoms with Crippen molar-refractivity contribution < 1.29 is 0 Å². The SMILES string of the molecule is C=C.C=C/C(=C\C)c1c2ccccc2c(Nc2ccc3c(c2)C(C)(C)c2cc4c(cc2-3)C(C)(C)c2ccc3ccccc3c2-4)c2ccccc12.CC.CC. The van der Waals surface area contributed by atoms with Gasteiger partial charge in [-0.05, 0) is 108 Å². The molecule has 0 aliphatic heterocycles. The van der Waals surface area contributed by atoms with Crippen LogP contribution in [0.15, 0.2) is 147 Å². The fourth-order valence-electron chi connectivity index (χ4n) is 8.89. The third kappa shape index (κ3) is 5.69. The summed E-state index contributed by atoms with van der Waals surface area (Å²) >= 11 is 0. The summed E-state index contributed by atoms with van der Waals surface area (Å²) in [6.07, 6.45) is 4.13. The minimum absolute atomic E-state index is 0.0647. The molecule has 0 bridgehead atoms. The van der Waals surface area contributed by atoms with Gasteiger partial charge in [-0.15, -0.1) is 13.2 Å². The highest BCUT2D eigenvalue weighted by atomic mass is 14.9. The summed E-state index contributed by atoms with van der Waals surface area (Å²) in [6, 6.07) is 43.0. The van der Waals surface area contributed by atoms with E-state index in [0.29, 0.717) is 0 Å². The number of nitrogens with one attached hydrogen (secondary N) is 1. The third-order valence-corrected chi connectivity index (χ3v) is 11.4. The largest absolute Gasteiger partial charge is 0.355 e. The smallest absolute Gasteiger partial charge is 0.0544 e. The number of rotatable bonds is 4. The number of allylic oxidation sites excluding steroid dienone is 3. The molecule has 0 heterocycles. The van der Waals surface area contributed by atoms with Crippen LogP contribution in [0.4, 0.5) is 11.4 Å². The van der Waals surface area contributed by atoms with Gasteiger partial charge in [-0.3, -0.25) is 0 Å². The number of hydrogen-bond donors (Lipinski definition) is 1. The van der Waals surface area contributed by atoms with Gasteiger partial charge < -0.3 is 5.32 Å². The zero-order valence-electron chi connectivity index (χ0n) is 33.7. The maximum atomic E-state index is 4.14. The van der Waals surface area contributed by atoms with Gasteiger partial charge in [0, 0.05) is 27.3 Å². The first-order chi connectivity index (χ1) is 26.2. The molecule has 0 amide bonds. The molecule has 0 fully saturated rings. The highest BCUT2D eigenvalue weighted by Crippen LogP contribution is 2.57. The highest BCUT2D eigenvalue weighted by molar-refractivity contribution is 6.19. The van der Waals surface area contributed by atoms with Gasteiger partial charge in [0.05, 0.1) is 5.69 Å². The van der Waals surface area contributed by atoms with Gasteiger partial charge in [-0.25, -0.2) is 0 Å². The Balaban J connectivity index is 0.000000792. The number of benzene rings is 7. The molecule has 2 aliphatic rings. The van der Waals surface area contributed by atoms with Crippen LogP contribution in [0, 0.1) is 0 Å². The van der Waals surface area contributed by atoms with Gasteiger partial charge in [0.2, 0.25) is 0 Å². The summed E-state index contributed by atoms with van der Waals surface area (Å²) in [5.41, 5.74) is 15.6. The molecule has 7 aromatic rings. The lowest BCUT2D eigenvalue weighted by Gasteiger charge is -2.24. The van der Waals surface area contributed by atoms with E-state index >= 15 is 0 Å². The van der Waals surface area contributed by atoms with Crippen molar-refractivity contribution in [1.29, 1.82) is 0 Å². The van der Waals surface area contributed by atoms with Crippen LogP contribution in [0.3, 0.4) is 0 Å². The van der Waals surface area contributed by atoms with E-state index in [4.69, 9.17) is 0 Å². The van der Waals surface area contributed by atoms with Crippen molar-refractivity contribution >= 4 is 49.3 Å². The molecule has 272 valence electrons. The quantitative estimate of drug-likeness (QED) is 0.109. The molecule has 0 radical (unpaired) electrons. The minimum atomic E-state index is -0.145. The molecule has 0 saturated carbocycles. The van der Waals surface area contributed by atoms with Gasteiger partial charge in [0.15, 0.2) is 0 Å². The lowest BCUT2D eigenvalue weighted by Crippen LogP contribution is -2.17. The van der Waals surface area contributed by atoms with E-state index in [-0.39, 0.29) is 10.8 Å². The first-order valence-electron chi connectivity index (χ1n) is 19.6. The lowest BCUT2D eigenvalue weighted by atomic mass is 9.79. The zero-order valence-corrected chi connectivity index (χ0v) is 33.7. The molecule has 0 atom stereocenters. The van der Waals surface area contributed by atoms with Crippen LogP contribution in [0.5, 0.6) is 0 Å². The summed E-state index contributed by atoms with van der Waals surface area (Å²) in [6.45, 7) is 29.8. The normalized spacial score (nSPS) is 13.9. The minimum Gasteiger partial charge on any atom is -0.355 e. The van der Waals surface area contributed by atoms with Crippen LogP contribution in [-0.2, 0) is 10.8 Å². The number of fused-ring (bicyclic) bond motifs is 10. The third-order valence-electron chi connectivity index (χ3n) is 11.4. The van der Waals surface area contributed by atoms with Crippen molar-refractivity contribution in [3.63, 3.8) is 0 Å². The van der Waals surface area contributed by atoms with Crippen molar-refractivity contribution in [3.05, 3.63) is 175 Å². The standard InChI is InChI=1S/C47H39N.2C2H6.C2H4/c1-7-28(8-2)43-33-17-11-13-19-35(33)45(36-20-14-12-18-34(36)43)48-30-22-23-32-37-26-42-38(27-41(37)47(5,6)40(32)25-30)44-31-16-10-9-15-29(31)21-24-39(44)46(42,3)4;3*1-2/h7-27,48H,1H2,2-6H3;2*1-2H3;1-2H2/b28-8+;;;. The molecular weight excluding hydrogens is 651 g/mol. The van der Waals surface area contributed by atoms with Crippen LogP contribution in [-0.4, -0.2) is 0 Å². The van der Waals surface area contributed by atoms with Gasteiger partial charge in [-0.2, -0.15) is 0 Å². The zero-order chi connectivity index (χ0) is 38.9. The second kappa shape index (κ2) is 15.0. The second-order valence-corrected chi connectivity index (χ2v) is 14.6. The molecule has 1 N–H and O–H groups in total. The fraction of sp³-hybridized carbons (Fsp3) is 0.208. The van der Waals surface area contributed by atoms with Gasteiger partial charge in [-0.1, -0.05) is 165 Å². The van der Waals surface area contributed by atoms with Crippen LogP contribution in [0.2, 0.25) is 0 Å². The predicted octanol–water partition coefficient (Wildman–Crippen LogP) is 15.9. The molecule has 9 rings (SSSR count). The van der Waals surface area contributed by atoms with Crippen molar-refractivity contribution in [2.24, 2.45) is 0 Å². The molecule has 0 aromatic heterocycles. The van der Waals surface area contributed by atoms with E-state index in [0.717, 1.165) is 16.9 Å². The summed E-state index contributed by atoms with van der Waals surface area (Å²) in [4.78, 5) is 0. The Morgan fingerprint density at radius 3 is 1.63 bits per heavy atom. The average Bonchev–Trinajstić information content (AvgIpc) is 3.59. The van der Waals surface area contributed by atoms with Gasteiger partial charge in [0.1, 0.15) is 0 Å². The molecule has 0 saturated heterocycles. The van der Waals surface area contributed by atoms with Crippen molar-refractivity contribution in [2.75, 3.05) is 5.32 Å². The maximum Gasteiger partial charge on any atom is 0.0544 e.